The summed E-state index contributed by atoms with van der Waals surface area (Å²) in [6, 6.07) is 2.36. The van der Waals surface area contributed by atoms with Gasteiger partial charge >= 0.3 is 0 Å². The Labute approximate surface area is 141 Å². The molecule has 2 N–H and O–H groups in total. The Morgan fingerprint density at radius 1 is 1.30 bits per heavy atom. The van der Waals surface area contributed by atoms with E-state index in [0.29, 0.717) is 12.6 Å². The van der Waals surface area contributed by atoms with Crippen LogP contribution in [0.15, 0.2) is 16.8 Å². The molecule has 3 rings (SSSR count). The Morgan fingerprint density at radius 2 is 2.09 bits per heavy atom. The molecule has 2 aliphatic rings. The Kier molecular flexibility index (Phi) is 5.02. The van der Waals surface area contributed by atoms with E-state index in [-0.39, 0.29) is 23.8 Å². The summed E-state index contributed by atoms with van der Waals surface area (Å²) < 4.78 is 0. The molecule has 2 amide bonds. The van der Waals surface area contributed by atoms with Gasteiger partial charge in [0.25, 0.3) is 0 Å². The zero-order chi connectivity index (χ0) is 16.4. The van der Waals surface area contributed by atoms with Crippen molar-refractivity contribution in [1.82, 2.24) is 9.80 Å². The summed E-state index contributed by atoms with van der Waals surface area (Å²) in [5.41, 5.74) is 6.75. The Bertz CT molecular complexity index is 560. The number of hydrogen-bond acceptors (Lipinski definition) is 4. The number of rotatable bonds is 4. The predicted molar refractivity (Wildman–Crippen MR) is 91.0 cm³/mol. The molecule has 0 saturated carbocycles. The normalized spacial score (nSPS) is 27.1. The summed E-state index contributed by atoms with van der Waals surface area (Å²) in [7, 11) is 0. The molecule has 1 aromatic heterocycles. The van der Waals surface area contributed by atoms with Crippen LogP contribution < -0.4 is 5.73 Å². The first-order chi connectivity index (χ1) is 11.1. The van der Waals surface area contributed by atoms with Gasteiger partial charge < -0.3 is 10.6 Å². The highest BCUT2D eigenvalue weighted by atomic mass is 32.1. The lowest BCUT2D eigenvalue weighted by Gasteiger charge is -2.37. The molecule has 3 heterocycles. The largest absolute Gasteiger partial charge is 0.369 e. The molecular weight excluding hydrogens is 310 g/mol. The molecule has 126 valence electrons. The smallest absolute Gasteiger partial charge is 0.239 e. The van der Waals surface area contributed by atoms with E-state index in [0.717, 1.165) is 38.8 Å². The van der Waals surface area contributed by atoms with Crippen LogP contribution in [0.5, 0.6) is 0 Å². The van der Waals surface area contributed by atoms with E-state index in [1.165, 1.54) is 5.56 Å². The molecule has 0 bridgehead atoms. The number of nitrogens with two attached hydrogens (primary N) is 1. The van der Waals surface area contributed by atoms with E-state index in [4.69, 9.17) is 5.73 Å². The van der Waals surface area contributed by atoms with E-state index in [2.05, 4.69) is 21.7 Å². The molecule has 2 aliphatic heterocycles. The monoisotopic (exact) mass is 335 g/mol. The predicted octanol–water partition coefficient (Wildman–Crippen LogP) is 2.00. The highest BCUT2D eigenvalue weighted by Gasteiger charge is 2.36. The van der Waals surface area contributed by atoms with Gasteiger partial charge in [-0.25, -0.2) is 0 Å². The van der Waals surface area contributed by atoms with Gasteiger partial charge in [-0.2, -0.15) is 11.3 Å². The maximum absolute atomic E-state index is 12.9. The maximum Gasteiger partial charge on any atom is 0.239 e. The number of nitrogens with zero attached hydrogens (tertiary/aromatic N) is 2. The van der Waals surface area contributed by atoms with Crippen molar-refractivity contribution in [3.8, 4) is 0 Å². The fourth-order valence-corrected chi connectivity index (χ4v) is 4.60. The number of likely N-dealkylation sites (tertiary alicyclic amines) is 2. The van der Waals surface area contributed by atoms with Gasteiger partial charge in [-0.15, -0.1) is 0 Å². The van der Waals surface area contributed by atoms with Crippen molar-refractivity contribution in [2.75, 3.05) is 19.6 Å². The van der Waals surface area contributed by atoms with E-state index in [9.17, 15) is 9.59 Å². The lowest BCUT2D eigenvalue weighted by molar-refractivity contribution is -0.140. The number of carbonyl (C=O) groups is 2. The maximum atomic E-state index is 12.9. The SMILES string of the molecule is CC(C(=O)N1CCCC(C(N)=O)C1)N1CCCC1c1ccsc1. The lowest BCUT2D eigenvalue weighted by atomic mass is 9.97. The van der Waals surface area contributed by atoms with Gasteiger partial charge in [-0.05, 0) is 61.5 Å². The highest BCUT2D eigenvalue weighted by molar-refractivity contribution is 7.07. The fraction of sp³-hybridized carbons (Fsp3) is 0.647. The van der Waals surface area contributed by atoms with Gasteiger partial charge in [0.15, 0.2) is 0 Å². The van der Waals surface area contributed by atoms with Crippen LogP contribution in [0, 0.1) is 5.92 Å². The van der Waals surface area contributed by atoms with Crippen LogP contribution in [0.3, 0.4) is 0 Å². The van der Waals surface area contributed by atoms with Gasteiger partial charge in [0.05, 0.1) is 12.0 Å². The second-order valence-corrected chi connectivity index (χ2v) is 7.43. The standard InChI is InChI=1S/C17H25N3O2S/c1-12(17(22)19-7-2-4-13(10-19)16(18)21)20-8-3-5-15(20)14-6-9-23-11-14/h6,9,11-13,15H,2-5,7-8,10H2,1H3,(H2,18,21). The molecule has 3 unspecified atom stereocenters. The Morgan fingerprint density at radius 3 is 2.78 bits per heavy atom. The number of primary amides is 1. The highest BCUT2D eigenvalue weighted by Crippen LogP contribution is 2.35. The van der Waals surface area contributed by atoms with Crippen molar-refractivity contribution in [2.45, 2.75) is 44.7 Å². The van der Waals surface area contributed by atoms with Crippen molar-refractivity contribution >= 4 is 23.2 Å². The van der Waals surface area contributed by atoms with E-state index in [1.807, 2.05) is 11.8 Å². The molecule has 2 fully saturated rings. The zero-order valence-electron chi connectivity index (χ0n) is 13.6. The molecule has 2 saturated heterocycles. The van der Waals surface area contributed by atoms with Crippen LogP contribution in [0.1, 0.15) is 44.2 Å². The van der Waals surface area contributed by atoms with E-state index in [1.54, 1.807) is 11.3 Å². The summed E-state index contributed by atoms with van der Waals surface area (Å²) in [4.78, 5) is 28.5. The van der Waals surface area contributed by atoms with Crippen molar-refractivity contribution in [3.63, 3.8) is 0 Å². The first-order valence-electron chi connectivity index (χ1n) is 8.44. The molecule has 6 heteroatoms. The van der Waals surface area contributed by atoms with E-state index < -0.39 is 0 Å². The van der Waals surface area contributed by atoms with Gasteiger partial charge in [-0.1, -0.05) is 0 Å². The first-order valence-corrected chi connectivity index (χ1v) is 9.38. The summed E-state index contributed by atoms with van der Waals surface area (Å²) >= 11 is 1.71. The van der Waals surface area contributed by atoms with Crippen molar-refractivity contribution in [3.05, 3.63) is 22.4 Å². The van der Waals surface area contributed by atoms with Crippen LogP contribution in [0.4, 0.5) is 0 Å². The molecule has 3 atom stereocenters. The third-order valence-electron chi connectivity index (χ3n) is 5.21. The topological polar surface area (TPSA) is 66.6 Å². The van der Waals surface area contributed by atoms with Crippen LogP contribution in [0.25, 0.3) is 0 Å². The fourth-order valence-electron chi connectivity index (χ4n) is 3.89. The second-order valence-electron chi connectivity index (χ2n) is 6.65. The molecule has 0 spiro atoms. The average Bonchev–Trinajstić information content (AvgIpc) is 3.24. The van der Waals surface area contributed by atoms with E-state index >= 15 is 0 Å². The summed E-state index contributed by atoms with van der Waals surface area (Å²) in [6.07, 6.45) is 3.90. The molecule has 0 radical (unpaired) electrons. The summed E-state index contributed by atoms with van der Waals surface area (Å²) in [5, 5.41) is 4.28. The van der Waals surface area contributed by atoms with Crippen molar-refractivity contribution in [2.24, 2.45) is 11.7 Å². The number of thiophene rings is 1. The number of hydrogen-bond donors (Lipinski definition) is 1. The number of piperidine rings is 1. The summed E-state index contributed by atoms with van der Waals surface area (Å²) in [6.45, 7) is 4.18. The third-order valence-corrected chi connectivity index (χ3v) is 5.91. The minimum Gasteiger partial charge on any atom is -0.369 e. The van der Waals surface area contributed by atoms with Gasteiger partial charge in [0.2, 0.25) is 11.8 Å². The molecular formula is C17H25N3O2S. The van der Waals surface area contributed by atoms with Gasteiger partial charge in [0, 0.05) is 19.1 Å². The molecule has 0 aliphatic carbocycles. The molecule has 5 nitrogen and oxygen atoms in total. The quantitative estimate of drug-likeness (QED) is 0.915. The minimum atomic E-state index is -0.285. The van der Waals surface area contributed by atoms with Crippen molar-refractivity contribution < 1.29 is 9.59 Å². The van der Waals surface area contributed by atoms with Crippen LogP contribution in [-0.4, -0.2) is 47.3 Å². The molecule has 0 aromatic carbocycles. The van der Waals surface area contributed by atoms with Gasteiger partial charge in [0.1, 0.15) is 0 Å². The average molecular weight is 335 g/mol. The Balaban J connectivity index is 1.68. The first kappa shape index (κ1) is 16.5. The third kappa shape index (κ3) is 3.43. The Hall–Kier alpha value is -1.40. The molecule has 23 heavy (non-hydrogen) atoms. The summed E-state index contributed by atoms with van der Waals surface area (Å²) in [5.74, 6) is -0.336. The molecule has 1 aromatic rings. The lowest BCUT2D eigenvalue weighted by Crippen LogP contribution is -2.51. The van der Waals surface area contributed by atoms with Crippen molar-refractivity contribution in [1.29, 1.82) is 0 Å². The van der Waals surface area contributed by atoms with Crippen LogP contribution in [-0.2, 0) is 9.59 Å². The number of amides is 2. The van der Waals surface area contributed by atoms with Gasteiger partial charge in [-0.3, -0.25) is 14.5 Å². The minimum absolute atomic E-state index is 0.137. The van der Waals surface area contributed by atoms with Crippen LogP contribution >= 0.6 is 11.3 Å². The second kappa shape index (κ2) is 7.01. The van der Waals surface area contributed by atoms with Crippen LogP contribution in [0.2, 0.25) is 0 Å². The number of carbonyl (C=O) groups excluding carboxylic acids is 2. The zero-order valence-corrected chi connectivity index (χ0v) is 14.4.